The van der Waals surface area contributed by atoms with Gasteiger partial charge >= 0.3 is 0 Å². The molecule has 0 heterocycles. The second-order valence-electron chi connectivity index (χ2n) is 6.31. The van der Waals surface area contributed by atoms with Crippen molar-refractivity contribution in [3.63, 3.8) is 0 Å². The van der Waals surface area contributed by atoms with Crippen molar-refractivity contribution >= 4 is 55.0 Å². The summed E-state index contributed by atoms with van der Waals surface area (Å²) in [7, 11) is -3.81. The first-order valence-electron chi connectivity index (χ1n) is 8.82. The fraction of sp³-hybridized carbons (Fsp3) is 0.0952. The Bertz CT molecular complexity index is 1120. The number of halogens is 2. The Morgan fingerprint density at radius 2 is 1.63 bits per heavy atom. The Morgan fingerprint density at radius 3 is 2.30 bits per heavy atom. The summed E-state index contributed by atoms with van der Waals surface area (Å²) in [6.45, 7) is 0. The van der Waals surface area contributed by atoms with Crippen molar-refractivity contribution in [1.82, 2.24) is 0 Å². The van der Waals surface area contributed by atoms with E-state index in [0.717, 1.165) is 10.0 Å². The van der Waals surface area contributed by atoms with Gasteiger partial charge < -0.3 is 5.32 Å². The molecule has 156 valence electrons. The molecule has 0 saturated carbocycles. The lowest BCUT2D eigenvalue weighted by molar-refractivity contribution is -0.113. The minimum absolute atomic E-state index is 0.0360. The summed E-state index contributed by atoms with van der Waals surface area (Å²) in [6, 6.07) is 18.8. The molecule has 0 unspecified atom stereocenters. The molecule has 2 N–H and O–H groups in total. The smallest absolute Gasteiger partial charge is 0.261 e. The minimum Gasteiger partial charge on any atom is -0.325 e. The van der Waals surface area contributed by atoms with E-state index < -0.39 is 15.8 Å². The Labute approximate surface area is 187 Å². The summed E-state index contributed by atoms with van der Waals surface area (Å²) < 4.78 is 41.2. The highest BCUT2D eigenvalue weighted by Gasteiger charge is 2.14. The number of hydrogen-bond donors (Lipinski definition) is 2. The molecule has 1 amide bonds. The fourth-order valence-corrected chi connectivity index (χ4v) is 4.81. The van der Waals surface area contributed by atoms with E-state index in [1.54, 1.807) is 0 Å². The van der Waals surface area contributed by atoms with Crippen LogP contribution in [0.2, 0.25) is 0 Å². The van der Waals surface area contributed by atoms with Crippen LogP contribution in [-0.2, 0) is 20.6 Å². The van der Waals surface area contributed by atoms with Crippen LogP contribution in [0, 0.1) is 5.82 Å². The Morgan fingerprint density at radius 1 is 0.967 bits per heavy atom. The number of amides is 1. The van der Waals surface area contributed by atoms with Gasteiger partial charge in [0.25, 0.3) is 10.0 Å². The third-order valence-corrected chi connectivity index (χ3v) is 6.83. The molecule has 0 aliphatic carbocycles. The monoisotopic (exact) mass is 508 g/mol. The number of rotatable bonds is 8. The maximum absolute atomic E-state index is 13.0. The fourth-order valence-electron chi connectivity index (χ4n) is 2.53. The highest BCUT2D eigenvalue weighted by Crippen LogP contribution is 2.20. The molecule has 5 nitrogen and oxygen atoms in total. The molecule has 3 rings (SSSR count). The van der Waals surface area contributed by atoms with E-state index in [1.165, 1.54) is 60.3 Å². The molecule has 0 aromatic heterocycles. The maximum Gasteiger partial charge on any atom is 0.261 e. The molecule has 0 aliphatic heterocycles. The van der Waals surface area contributed by atoms with Crippen molar-refractivity contribution in [2.24, 2.45) is 0 Å². The molecule has 0 aliphatic rings. The van der Waals surface area contributed by atoms with Gasteiger partial charge in [-0.1, -0.05) is 28.1 Å². The standard InChI is InChI=1S/C21H18BrFN2O3S2/c22-16-3-1-2-15(12-16)13-29-14-21(26)24-18-8-10-20(11-9-18)30(27,28)25-19-6-4-17(23)5-7-19/h1-12,25H,13-14H2,(H,24,26). The van der Waals surface area contributed by atoms with Crippen molar-refractivity contribution in [2.45, 2.75) is 10.6 Å². The van der Waals surface area contributed by atoms with Crippen LogP contribution in [0.4, 0.5) is 15.8 Å². The van der Waals surface area contributed by atoms with Gasteiger partial charge in [-0.25, -0.2) is 12.8 Å². The third kappa shape index (κ3) is 6.58. The molecule has 0 spiro atoms. The summed E-state index contributed by atoms with van der Waals surface area (Å²) in [5.41, 5.74) is 1.88. The highest BCUT2D eigenvalue weighted by molar-refractivity contribution is 9.10. The SMILES string of the molecule is O=C(CSCc1cccc(Br)c1)Nc1ccc(S(=O)(=O)Nc2ccc(F)cc2)cc1. The molecule has 30 heavy (non-hydrogen) atoms. The summed E-state index contributed by atoms with van der Waals surface area (Å²) in [6.07, 6.45) is 0. The molecular formula is C21H18BrFN2O3S2. The number of carbonyl (C=O) groups excluding carboxylic acids is 1. The number of sulfonamides is 1. The van der Waals surface area contributed by atoms with Gasteiger partial charge in [0.15, 0.2) is 0 Å². The first kappa shape index (κ1) is 22.3. The van der Waals surface area contributed by atoms with Crippen molar-refractivity contribution in [1.29, 1.82) is 0 Å². The molecule has 0 radical (unpaired) electrons. The second kappa shape index (κ2) is 10.1. The average molecular weight is 509 g/mol. The lowest BCUT2D eigenvalue weighted by Crippen LogP contribution is -2.15. The lowest BCUT2D eigenvalue weighted by Gasteiger charge is -2.09. The van der Waals surface area contributed by atoms with Gasteiger partial charge in [-0.3, -0.25) is 9.52 Å². The summed E-state index contributed by atoms with van der Waals surface area (Å²) in [5, 5.41) is 2.75. The zero-order valence-corrected chi connectivity index (χ0v) is 18.9. The van der Waals surface area contributed by atoms with E-state index in [2.05, 4.69) is 26.0 Å². The van der Waals surface area contributed by atoms with Crippen LogP contribution >= 0.6 is 27.7 Å². The predicted octanol–water partition coefficient (Wildman–Crippen LogP) is 5.26. The number of anilines is 2. The van der Waals surface area contributed by atoms with Crippen molar-refractivity contribution < 1.29 is 17.6 Å². The molecule has 0 saturated heterocycles. The van der Waals surface area contributed by atoms with Crippen molar-refractivity contribution in [2.75, 3.05) is 15.8 Å². The van der Waals surface area contributed by atoms with Crippen LogP contribution in [-0.4, -0.2) is 20.1 Å². The zero-order valence-electron chi connectivity index (χ0n) is 15.6. The van der Waals surface area contributed by atoms with Crippen LogP contribution in [0.15, 0.2) is 82.2 Å². The van der Waals surface area contributed by atoms with Gasteiger partial charge in [0.2, 0.25) is 5.91 Å². The van der Waals surface area contributed by atoms with Crippen LogP contribution in [0.3, 0.4) is 0 Å². The number of benzene rings is 3. The summed E-state index contributed by atoms with van der Waals surface area (Å²) in [4.78, 5) is 12.2. The van der Waals surface area contributed by atoms with E-state index in [-0.39, 0.29) is 22.2 Å². The molecule has 9 heteroatoms. The zero-order chi connectivity index (χ0) is 21.6. The molecule has 3 aromatic rings. The molecule has 3 aromatic carbocycles. The van der Waals surface area contributed by atoms with E-state index in [4.69, 9.17) is 0 Å². The van der Waals surface area contributed by atoms with E-state index in [1.807, 2.05) is 24.3 Å². The largest absolute Gasteiger partial charge is 0.325 e. The van der Waals surface area contributed by atoms with E-state index >= 15 is 0 Å². The number of nitrogens with one attached hydrogen (secondary N) is 2. The summed E-state index contributed by atoms with van der Waals surface area (Å²) in [5.74, 6) is 0.362. The van der Waals surface area contributed by atoms with Crippen molar-refractivity contribution in [3.8, 4) is 0 Å². The minimum atomic E-state index is -3.81. The normalized spacial score (nSPS) is 11.1. The molecular weight excluding hydrogens is 491 g/mol. The van der Waals surface area contributed by atoms with Crippen LogP contribution in [0.25, 0.3) is 0 Å². The van der Waals surface area contributed by atoms with Gasteiger partial charge in [-0.15, -0.1) is 11.8 Å². The molecule has 0 bridgehead atoms. The predicted molar refractivity (Wildman–Crippen MR) is 123 cm³/mol. The van der Waals surface area contributed by atoms with Crippen LogP contribution in [0.5, 0.6) is 0 Å². The maximum atomic E-state index is 13.0. The molecule has 0 atom stereocenters. The van der Waals surface area contributed by atoms with Gasteiger partial charge in [0.1, 0.15) is 5.82 Å². The number of thioether (sulfide) groups is 1. The van der Waals surface area contributed by atoms with Gasteiger partial charge in [0, 0.05) is 21.6 Å². The quantitative estimate of drug-likeness (QED) is 0.435. The van der Waals surface area contributed by atoms with Crippen LogP contribution < -0.4 is 10.0 Å². The topological polar surface area (TPSA) is 75.3 Å². The number of carbonyl (C=O) groups is 1. The highest BCUT2D eigenvalue weighted by atomic mass is 79.9. The first-order valence-corrected chi connectivity index (χ1v) is 12.3. The van der Waals surface area contributed by atoms with Gasteiger partial charge in [0.05, 0.1) is 10.6 Å². The summed E-state index contributed by atoms with van der Waals surface area (Å²) >= 11 is 4.90. The first-order chi connectivity index (χ1) is 14.3. The van der Waals surface area contributed by atoms with Gasteiger partial charge in [-0.2, -0.15) is 0 Å². The lowest BCUT2D eigenvalue weighted by atomic mass is 10.2. The Hall–Kier alpha value is -2.36. The third-order valence-electron chi connectivity index (χ3n) is 3.94. The number of hydrogen-bond acceptors (Lipinski definition) is 4. The van der Waals surface area contributed by atoms with E-state index in [9.17, 15) is 17.6 Å². The Kier molecular flexibility index (Phi) is 7.52. The Balaban J connectivity index is 1.53. The second-order valence-corrected chi connectivity index (χ2v) is 9.89. The van der Waals surface area contributed by atoms with Crippen molar-refractivity contribution in [3.05, 3.63) is 88.6 Å². The molecule has 0 fully saturated rings. The van der Waals surface area contributed by atoms with E-state index in [0.29, 0.717) is 11.4 Å². The van der Waals surface area contributed by atoms with Gasteiger partial charge in [-0.05, 0) is 66.2 Å². The average Bonchev–Trinajstić information content (AvgIpc) is 2.70. The van der Waals surface area contributed by atoms with Crippen LogP contribution in [0.1, 0.15) is 5.56 Å².